The number of benzene rings is 1. The fourth-order valence-corrected chi connectivity index (χ4v) is 2.34. The SMILES string of the molecule is Cc1cnc2c(C(=O)NCC(O)COc3ccc(Cl)cc3)cnn2c1. The van der Waals surface area contributed by atoms with Crippen LogP contribution in [-0.4, -0.2) is 44.9 Å². The molecule has 0 bridgehead atoms. The zero-order valence-corrected chi connectivity index (χ0v) is 14.3. The Labute approximate surface area is 149 Å². The Hall–Kier alpha value is -2.64. The number of fused-ring (bicyclic) bond motifs is 1. The number of carbonyl (C=O) groups is 1. The molecule has 0 radical (unpaired) electrons. The fourth-order valence-electron chi connectivity index (χ4n) is 2.22. The van der Waals surface area contributed by atoms with E-state index in [9.17, 15) is 9.90 Å². The average Bonchev–Trinajstić information content (AvgIpc) is 3.02. The average molecular weight is 361 g/mol. The summed E-state index contributed by atoms with van der Waals surface area (Å²) in [5.74, 6) is 0.244. The molecule has 3 rings (SSSR count). The second-order valence-electron chi connectivity index (χ2n) is 5.59. The minimum absolute atomic E-state index is 0.0497. The van der Waals surface area contributed by atoms with Gasteiger partial charge in [-0.15, -0.1) is 0 Å². The molecule has 2 aromatic heterocycles. The summed E-state index contributed by atoms with van der Waals surface area (Å²) in [7, 11) is 0. The Morgan fingerprint density at radius 3 is 2.88 bits per heavy atom. The lowest BCUT2D eigenvalue weighted by atomic mass is 10.3. The summed E-state index contributed by atoms with van der Waals surface area (Å²) in [6.45, 7) is 1.99. The number of hydrogen-bond donors (Lipinski definition) is 2. The van der Waals surface area contributed by atoms with E-state index < -0.39 is 6.10 Å². The Bertz CT molecular complexity index is 879. The summed E-state index contributed by atoms with van der Waals surface area (Å²) < 4.78 is 6.99. The van der Waals surface area contributed by atoms with E-state index in [1.54, 1.807) is 41.2 Å². The van der Waals surface area contributed by atoms with Gasteiger partial charge in [0.25, 0.3) is 5.91 Å². The van der Waals surface area contributed by atoms with Crippen molar-refractivity contribution in [1.82, 2.24) is 19.9 Å². The number of halogens is 1. The molecule has 1 amide bonds. The van der Waals surface area contributed by atoms with Gasteiger partial charge in [0.15, 0.2) is 5.65 Å². The number of hydrogen-bond acceptors (Lipinski definition) is 5. The fraction of sp³-hybridized carbons (Fsp3) is 0.235. The number of carbonyl (C=O) groups excluding carboxylic acids is 1. The lowest BCUT2D eigenvalue weighted by Crippen LogP contribution is -2.35. The van der Waals surface area contributed by atoms with Crippen molar-refractivity contribution < 1.29 is 14.6 Å². The first kappa shape index (κ1) is 17.2. The van der Waals surface area contributed by atoms with Crippen LogP contribution in [0.15, 0.2) is 42.9 Å². The lowest BCUT2D eigenvalue weighted by Gasteiger charge is -2.13. The van der Waals surface area contributed by atoms with Crippen molar-refractivity contribution >= 4 is 23.2 Å². The number of nitrogens with zero attached hydrogens (tertiary/aromatic N) is 3. The van der Waals surface area contributed by atoms with Crippen LogP contribution in [0.4, 0.5) is 0 Å². The van der Waals surface area contributed by atoms with Crippen LogP contribution in [-0.2, 0) is 0 Å². The van der Waals surface area contributed by atoms with Crippen molar-refractivity contribution in [2.75, 3.05) is 13.2 Å². The molecule has 1 unspecified atom stereocenters. The monoisotopic (exact) mass is 360 g/mol. The second kappa shape index (κ2) is 7.50. The van der Waals surface area contributed by atoms with Crippen LogP contribution in [0.5, 0.6) is 5.75 Å². The van der Waals surface area contributed by atoms with Crippen LogP contribution in [0.2, 0.25) is 5.02 Å². The molecule has 25 heavy (non-hydrogen) atoms. The molecule has 0 aliphatic rings. The molecule has 0 saturated carbocycles. The van der Waals surface area contributed by atoms with E-state index in [0.717, 1.165) is 5.56 Å². The second-order valence-corrected chi connectivity index (χ2v) is 6.02. The largest absolute Gasteiger partial charge is 0.491 e. The van der Waals surface area contributed by atoms with E-state index in [1.807, 2.05) is 6.92 Å². The molecule has 7 nitrogen and oxygen atoms in total. The predicted octanol–water partition coefficient (Wildman–Crippen LogP) is 1.86. The Morgan fingerprint density at radius 1 is 1.36 bits per heavy atom. The van der Waals surface area contributed by atoms with Crippen molar-refractivity contribution in [2.24, 2.45) is 0 Å². The third-order valence-electron chi connectivity index (χ3n) is 3.48. The van der Waals surface area contributed by atoms with Gasteiger partial charge in [-0.3, -0.25) is 4.79 Å². The van der Waals surface area contributed by atoms with Gasteiger partial charge in [-0.2, -0.15) is 5.10 Å². The number of nitrogens with one attached hydrogen (secondary N) is 1. The first-order valence-electron chi connectivity index (χ1n) is 7.67. The summed E-state index contributed by atoms with van der Waals surface area (Å²) in [4.78, 5) is 16.5. The Balaban J connectivity index is 1.53. The van der Waals surface area contributed by atoms with Gasteiger partial charge in [0.1, 0.15) is 24.0 Å². The Kier molecular flexibility index (Phi) is 5.16. The minimum Gasteiger partial charge on any atom is -0.491 e. The van der Waals surface area contributed by atoms with E-state index in [1.165, 1.54) is 6.20 Å². The van der Waals surface area contributed by atoms with E-state index >= 15 is 0 Å². The van der Waals surface area contributed by atoms with Crippen LogP contribution in [0.1, 0.15) is 15.9 Å². The standard InChI is InChI=1S/C17H17ClN4O3/c1-11-6-19-16-15(8-21-22(16)9-11)17(24)20-7-13(23)10-25-14-4-2-12(18)3-5-14/h2-6,8-9,13,23H,7,10H2,1H3,(H,20,24). The molecular weight excluding hydrogens is 344 g/mol. The van der Waals surface area contributed by atoms with E-state index in [4.69, 9.17) is 16.3 Å². The van der Waals surface area contributed by atoms with Gasteiger partial charge in [-0.05, 0) is 36.8 Å². The van der Waals surface area contributed by atoms with Gasteiger partial charge in [0.05, 0.1) is 6.20 Å². The zero-order valence-electron chi connectivity index (χ0n) is 13.5. The van der Waals surface area contributed by atoms with Crippen LogP contribution < -0.4 is 10.1 Å². The molecule has 0 fully saturated rings. The Morgan fingerprint density at radius 2 is 2.12 bits per heavy atom. The van der Waals surface area contributed by atoms with Gasteiger partial charge in [0.2, 0.25) is 0 Å². The van der Waals surface area contributed by atoms with Crippen molar-refractivity contribution in [3.05, 3.63) is 59.0 Å². The minimum atomic E-state index is -0.850. The van der Waals surface area contributed by atoms with Crippen LogP contribution >= 0.6 is 11.6 Å². The highest BCUT2D eigenvalue weighted by Gasteiger charge is 2.15. The molecule has 130 valence electrons. The lowest BCUT2D eigenvalue weighted by molar-refractivity contribution is 0.0845. The summed E-state index contributed by atoms with van der Waals surface area (Å²) >= 11 is 5.79. The quantitative estimate of drug-likeness (QED) is 0.700. The molecule has 2 N–H and O–H groups in total. The molecule has 8 heteroatoms. The van der Waals surface area contributed by atoms with Crippen molar-refractivity contribution in [3.8, 4) is 5.75 Å². The normalized spacial score (nSPS) is 12.1. The predicted molar refractivity (Wildman–Crippen MR) is 93.0 cm³/mol. The van der Waals surface area contributed by atoms with Gasteiger partial charge < -0.3 is 15.2 Å². The smallest absolute Gasteiger partial charge is 0.256 e. The third-order valence-corrected chi connectivity index (χ3v) is 3.74. The van der Waals surface area contributed by atoms with Gasteiger partial charge in [-0.25, -0.2) is 9.50 Å². The molecule has 1 aromatic carbocycles. The number of rotatable bonds is 6. The molecule has 0 aliphatic heterocycles. The van der Waals surface area contributed by atoms with Crippen LogP contribution in [0.3, 0.4) is 0 Å². The summed E-state index contributed by atoms with van der Waals surface area (Å²) in [6, 6.07) is 6.82. The number of ether oxygens (including phenoxy) is 1. The highest BCUT2D eigenvalue weighted by atomic mass is 35.5. The van der Waals surface area contributed by atoms with Gasteiger partial charge >= 0.3 is 0 Å². The van der Waals surface area contributed by atoms with E-state index in [2.05, 4.69) is 15.4 Å². The molecule has 0 spiro atoms. The summed E-state index contributed by atoms with van der Waals surface area (Å²) in [5.41, 5.74) is 1.76. The molecular formula is C17H17ClN4O3. The maximum absolute atomic E-state index is 12.2. The summed E-state index contributed by atoms with van der Waals surface area (Å²) in [5, 5.41) is 17.3. The summed E-state index contributed by atoms with van der Waals surface area (Å²) in [6.07, 6.45) is 4.06. The third kappa shape index (κ3) is 4.26. The highest BCUT2D eigenvalue weighted by Crippen LogP contribution is 2.15. The zero-order chi connectivity index (χ0) is 17.8. The van der Waals surface area contributed by atoms with Gasteiger partial charge in [-0.1, -0.05) is 11.6 Å². The number of aliphatic hydroxyl groups excluding tert-OH is 1. The van der Waals surface area contributed by atoms with Gasteiger partial charge in [0, 0.05) is 24.0 Å². The topological polar surface area (TPSA) is 88.8 Å². The maximum atomic E-state index is 12.2. The highest BCUT2D eigenvalue weighted by molar-refractivity contribution is 6.30. The molecule has 0 saturated heterocycles. The maximum Gasteiger partial charge on any atom is 0.256 e. The molecule has 3 aromatic rings. The first-order valence-corrected chi connectivity index (χ1v) is 8.05. The van der Waals surface area contributed by atoms with Crippen molar-refractivity contribution in [1.29, 1.82) is 0 Å². The molecule has 0 aliphatic carbocycles. The van der Waals surface area contributed by atoms with Crippen molar-refractivity contribution in [3.63, 3.8) is 0 Å². The number of aryl methyl sites for hydroxylation is 1. The molecule has 1 atom stereocenters. The molecule has 2 heterocycles. The number of amides is 1. The van der Waals surface area contributed by atoms with E-state index in [0.29, 0.717) is 22.0 Å². The number of aliphatic hydroxyl groups is 1. The van der Waals surface area contributed by atoms with Crippen LogP contribution in [0.25, 0.3) is 5.65 Å². The first-order chi connectivity index (χ1) is 12.0. The van der Waals surface area contributed by atoms with E-state index in [-0.39, 0.29) is 19.1 Å². The van der Waals surface area contributed by atoms with Crippen molar-refractivity contribution in [2.45, 2.75) is 13.0 Å². The van der Waals surface area contributed by atoms with Crippen LogP contribution in [0, 0.1) is 6.92 Å². The number of aromatic nitrogens is 3.